The molecule has 0 atom stereocenters. The number of rotatable bonds is 5. The molecule has 2 heterocycles. The fraction of sp³-hybridized carbons (Fsp3) is 0.333. The number of carbonyl (C=O) groups excluding carboxylic acids is 3. The van der Waals surface area contributed by atoms with Crippen LogP contribution in [0.2, 0.25) is 0 Å². The Balaban J connectivity index is 1.93. The van der Waals surface area contributed by atoms with Crippen LogP contribution < -0.4 is 14.8 Å². The second-order valence-corrected chi connectivity index (χ2v) is 6.83. The average Bonchev–Trinajstić information content (AvgIpc) is 3.17. The molecule has 9 heteroatoms. The number of hydrogen-bond donors (Lipinski definition) is 2. The predicted molar refractivity (Wildman–Crippen MR) is 109 cm³/mol. The van der Waals surface area contributed by atoms with Gasteiger partial charge in [-0.25, -0.2) is 4.79 Å². The molecule has 0 fully saturated rings. The number of H-pyrrole nitrogens is 1. The summed E-state index contributed by atoms with van der Waals surface area (Å²) in [7, 11) is 0. The molecule has 2 N–H and O–H groups in total. The number of benzene rings is 1. The largest absolute Gasteiger partial charge is 0.488 e. The normalized spacial score (nSPS) is 12.4. The summed E-state index contributed by atoms with van der Waals surface area (Å²) in [6.45, 7) is 8.81. The van der Waals surface area contributed by atoms with Gasteiger partial charge in [0.1, 0.15) is 29.5 Å². The third-order valence-electron chi connectivity index (χ3n) is 4.83. The monoisotopic (exact) mass is 413 g/mol. The van der Waals surface area contributed by atoms with E-state index in [-0.39, 0.29) is 24.6 Å². The Morgan fingerprint density at radius 1 is 1.20 bits per heavy atom. The van der Waals surface area contributed by atoms with Gasteiger partial charge in [-0.1, -0.05) is 0 Å². The van der Waals surface area contributed by atoms with Gasteiger partial charge in [0.05, 0.1) is 18.4 Å². The molecule has 0 radical (unpaired) electrons. The van der Waals surface area contributed by atoms with Crippen LogP contribution in [0.4, 0.5) is 5.82 Å². The van der Waals surface area contributed by atoms with Crippen molar-refractivity contribution < 1.29 is 28.6 Å². The summed E-state index contributed by atoms with van der Waals surface area (Å²) in [5.41, 5.74) is 3.47. The SMILES string of the molecule is CCOC(=O)c1cn[nH]c1NC(=O)C1=Cc2c(C)c(OC(C)=O)c(C)c(C)c2OC1. The number of amides is 1. The summed E-state index contributed by atoms with van der Waals surface area (Å²) in [5, 5.41) is 9.01. The van der Waals surface area contributed by atoms with E-state index in [0.29, 0.717) is 28.2 Å². The maximum absolute atomic E-state index is 12.8. The van der Waals surface area contributed by atoms with Gasteiger partial charge in [0, 0.05) is 18.1 Å². The maximum atomic E-state index is 12.8. The van der Waals surface area contributed by atoms with Crippen molar-refractivity contribution in [2.75, 3.05) is 18.5 Å². The Labute approximate surface area is 173 Å². The first-order valence-electron chi connectivity index (χ1n) is 9.41. The van der Waals surface area contributed by atoms with Crippen LogP contribution in [0.25, 0.3) is 6.08 Å². The van der Waals surface area contributed by atoms with Gasteiger partial charge in [-0.15, -0.1) is 0 Å². The Hall–Kier alpha value is -3.62. The minimum Gasteiger partial charge on any atom is -0.488 e. The van der Waals surface area contributed by atoms with E-state index in [1.807, 2.05) is 13.8 Å². The average molecular weight is 413 g/mol. The van der Waals surface area contributed by atoms with Crippen molar-refractivity contribution in [2.45, 2.75) is 34.6 Å². The zero-order valence-corrected chi connectivity index (χ0v) is 17.5. The molecule has 158 valence electrons. The standard InChI is InChI=1S/C21H23N3O6/c1-6-28-21(27)16-8-22-24-19(16)23-20(26)14-7-15-12(4)17(30-13(5)25)10(2)11(3)18(15)29-9-14/h7-8H,6,9H2,1-5H3,(H2,22,23,24,26). The summed E-state index contributed by atoms with van der Waals surface area (Å²) >= 11 is 0. The molecule has 1 aromatic heterocycles. The summed E-state index contributed by atoms with van der Waals surface area (Å²) in [5.74, 6) is -0.229. The summed E-state index contributed by atoms with van der Waals surface area (Å²) in [4.78, 5) is 36.3. The minimum absolute atomic E-state index is 0.0499. The van der Waals surface area contributed by atoms with Crippen molar-refractivity contribution in [1.82, 2.24) is 10.2 Å². The molecule has 1 aliphatic heterocycles. The molecule has 0 spiro atoms. The number of anilines is 1. The molecule has 3 rings (SSSR count). The molecule has 1 aliphatic rings. The van der Waals surface area contributed by atoms with Crippen molar-refractivity contribution in [3.63, 3.8) is 0 Å². The van der Waals surface area contributed by atoms with Gasteiger partial charge >= 0.3 is 11.9 Å². The highest BCUT2D eigenvalue weighted by Gasteiger charge is 2.26. The molecule has 0 aliphatic carbocycles. The lowest BCUT2D eigenvalue weighted by Gasteiger charge is -2.24. The fourth-order valence-electron chi connectivity index (χ4n) is 3.21. The number of esters is 2. The molecule has 2 aromatic rings. The first-order chi connectivity index (χ1) is 14.2. The van der Waals surface area contributed by atoms with Crippen LogP contribution in [0.5, 0.6) is 11.5 Å². The molecule has 1 aromatic carbocycles. The zero-order chi connectivity index (χ0) is 22.0. The number of ether oxygens (including phenoxy) is 3. The molecule has 0 saturated heterocycles. The van der Waals surface area contributed by atoms with Crippen LogP contribution in [-0.2, 0) is 14.3 Å². The predicted octanol–water partition coefficient (Wildman–Crippen LogP) is 2.85. The van der Waals surface area contributed by atoms with Crippen molar-refractivity contribution in [3.8, 4) is 11.5 Å². The van der Waals surface area contributed by atoms with E-state index in [4.69, 9.17) is 14.2 Å². The van der Waals surface area contributed by atoms with Crippen LogP contribution in [0.15, 0.2) is 11.8 Å². The number of carbonyl (C=O) groups is 3. The van der Waals surface area contributed by atoms with Gasteiger partial charge in [-0.05, 0) is 44.9 Å². The highest BCUT2D eigenvalue weighted by Crippen LogP contribution is 2.41. The quantitative estimate of drug-likeness (QED) is 0.571. The fourth-order valence-corrected chi connectivity index (χ4v) is 3.21. The van der Waals surface area contributed by atoms with Crippen LogP contribution in [0, 0.1) is 20.8 Å². The Kier molecular flexibility index (Phi) is 5.91. The van der Waals surface area contributed by atoms with E-state index in [1.165, 1.54) is 13.1 Å². The van der Waals surface area contributed by atoms with Gasteiger partial charge in [0.15, 0.2) is 0 Å². The molecule has 9 nitrogen and oxygen atoms in total. The number of hydrogen-bond acceptors (Lipinski definition) is 7. The number of fused-ring (bicyclic) bond motifs is 1. The van der Waals surface area contributed by atoms with Gasteiger partial charge in [-0.3, -0.25) is 14.7 Å². The zero-order valence-electron chi connectivity index (χ0n) is 17.5. The topological polar surface area (TPSA) is 120 Å². The summed E-state index contributed by atoms with van der Waals surface area (Å²) < 4.78 is 16.2. The first-order valence-corrected chi connectivity index (χ1v) is 9.41. The minimum atomic E-state index is -0.589. The van der Waals surface area contributed by atoms with Crippen molar-refractivity contribution in [3.05, 3.63) is 39.6 Å². The van der Waals surface area contributed by atoms with Gasteiger partial charge < -0.3 is 19.5 Å². The van der Waals surface area contributed by atoms with Crippen molar-refractivity contribution >= 4 is 29.7 Å². The number of nitrogens with zero attached hydrogens (tertiary/aromatic N) is 1. The number of aromatic amines is 1. The van der Waals surface area contributed by atoms with E-state index in [1.54, 1.807) is 19.9 Å². The van der Waals surface area contributed by atoms with Crippen LogP contribution >= 0.6 is 0 Å². The highest BCUT2D eigenvalue weighted by molar-refractivity contribution is 6.09. The van der Waals surface area contributed by atoms with Gasteiger partial charge in [0.2, 0.25) is 0 Å². The maximum Gasteiger partial charge on any atom is 0.343 e. The second kappa shape index (κ2) is 8.40. The molecular formula is C21H23N3O6. The van der Waals surface area contributed by atoms with E-state index in [9.17, 15) is 14.4 Å². The lowest BCUT2D eigenvalue weighted by molar-refractivity contribution is -0.132. The lowest BCUT2D eigenvalue weighted by Crippen LogP contribution is -2.23. The highest BCUT2D eigenvalue weighted by atomic mass is 16.5. The number of nitrogens with one attached hydrogen (secondary N) is 2. The van der Waals surface area contributed by atoms with Crippen LogP contribution in [-0.4, -0.2) is 41.3 Å². The summed E-state index contributed by atoms with van der Waals surface area (Å²) in [6.07, 6.45) is 2.99. The van der Waals surface area contributed by atoms with Crippen LogP contribution in [0.1, 0.15) is 46.5 Å². The van der Waals surface area contributed by atoms with Gasteiger partial charge in [0.25, 0.3) is 5.91 Å². The number of aromatic nitrogens is 2. The Bertz CT molecular complexity index is 1070. The van der Waals surface area contributed by atoms with Crippen molar-refractivity contribution in [1.29, 1.82) is 0 Å². The van der Waals surface area contributed by atoms with E-state index in [0.717, 1.165) is 11.1 Å². The van der Waals surface area contributed by atoms with Crippen molar-refractivity contribution in [2.24, 2.45) is 0 Å². The van der Waals surface area contributed by atoms with E-state index < -0.39 is 17.8 Å². The van der Waals surface area contributed by atoms with Crippen LogP contribution in [0.3, 0.4) is 0 Å². The lowest BCUT2D eigenvalue weighted by atomic mass is 9.94. The molecule has 0 unspecified atom stereocenters. The third kappa shape index (κ3) is 3.91. The summed E-state index contributed by atoms with van der Waals surface area (Å²) in [6, 6.07) is 0. The Morgan fingerprint density at radius 2 is 1.93 bits per heavy atom. The molecule has 1 amide bonds. The molecule has 30 heavy (non-hydrogen) atoms. The third-order valence-corrected chi connectivity index (χ3v) is 4.83. The Morgan fingerprint density at radius 3 is 2.60 bits per heavy atom. The van der Waals surface area contributed by atoms with E-state index in [2.05, 4.69) is 15.5 Å². The second-order valence-electron chi connectivity index (χ2n) is 6.83. The van der Waals surface area contributed by atoms with Gasteiger partial charge in [-0.2, -0.15) is 5.10 Å². The van der Waals surface area contributed by atoms with E-state index >= 15 is 0 Å². The molecule has 0 saturated carbocycles. The smallest absolute Gasteiger partial charge is 0.343 e. The first kappa shape index (κ1) is 21.1. The molecular weight excluding hydrogens is 390 g/mol. The molecule has 0 bridgehead atoms.